The number of hydrogen-bond donors (Lipinski definition) is 5. The van der Waals surface area contributed by atoms with E-state index in [1.54, 1.807) is 42.5 Å². The number of nitrogens with zero attached hydrogens (tertiary/aromatic N) is 2. The highest BCUT2D eigenvalue weighted by Crippen LogP contribution is 2.32. The largest absolute Gasteiger partial charge is 0.497 e. The van der Waals surface area contributed by atoms with E-state index in [0.29, 0.717) is 33.8 Å². The predicted octanol–water partition coefficient (Wildman–Crippen LogP) is 2.55. The minimum Gasteiger partial charge on any atom is -0.497 e. The normalized spacial score (nSPS) is 11.2. The van der Waals surface area contributed by atoms with Gasteiger partial charge in [0.25, 0.3) is 10.0 Å². The zero-order valence-electron chi connectivity index (χ0n) is 20.7. The molecule has 3 aromatic carbocycles. The molecular formula is C25H27N7O5S. The lowest BCUT2D eigenvalue weighted by atomic mass is 10.2. The van der Waals surface area contributed by atoms with Gasteiger partial charge in [-0.2, -0.15) is 0 Å². The number of carbonyl (C=O) groups is 1. The quantitative estimate of drug-likeness (QED) is 0.201. The number of ether oxygens (including phenoxy) is 2. The first kappa shape index (κ1) is 26.6. The fraction of sp³-hybridized carbons (Fsp3) is 0.160. The molecule has 1 heterocycles. The van der Waals surface area contributed by atoms with E-state index in [1.165, 1.54) is 32.4 Å². The second-order valence-electron chi connectivity index (χ2n) is 8.02. The van der Waals surface area contributed by atoms with Crippen molar-refractivity contribution in [2.24, 2.45) is 11.5 Å². The third-order valence-corrected chi connectivity index (χ3v) is 6.82. The van der Waals surface area contributed by atoms with Gasteiger partial charge in [-0.1, -0.05) is 18.2 Å². The third kappa shape index (κ3) is 5.91. The zero-order chi connectivity index (χ0) is 27.3. The molecule has 1 amide bonds. The summed E-state index contributed by atoms with van der Waals surface area (Å²) in [7, 11) is -1.13. The molecule has 0 radical (unpaired) electrons. The van der Waals surface area contributed by atoms with Gasteiger partial charge in [0.2, 0.25) is 5.91 Å². The van der Waals surface area contributed by atoms with Crippen LogP contribution in [0.5, 0.6) is 11.5 Å². The lowest BCUT2D eigenvalue weighted by Gasteiger charge is -2.16. The standard InChI is InChI=1S/C25H27N7O5S/c1-36-17-9-16(10-18(11-17)37-2)28-24-25(31-21-6-4-3-5-20(21)30-24)32-38(34,35)19-8-7-15(13-26)22(12-19)29-23(33)14-27/h3-12H,13-14,26-27H2,1-2H3,(H,28,30)(H,29,33)(H,31,32). The molecule has 1 aromatic heterocycles. The fourth-order valence-corrected chi connectivity index (χ4v) is 4.61. The average molecular weight is 538 g/mol. The van der Waals surface area contributed by atoms with E-state index in [2.05, 4.69) is 25.3 Å². The molecule has 0 aliphatic heterocycles. The number of rotatable bonds is 10. The van der Waals surface area contributed by atoms with Crippen molar-refractivity contribution in [1.82, 2.24) is 9.97 Å². The van der Waals surface area contributed by atoms with E-state index < -0.39 is 15.9 Å². The highest BCUT2D eigenvalue weighted by Gasteiger charge is 2.21. The first-order valence-corrected chi connectivity index (χ1v) is 12.9. The van der Waals surface area contributed by atoms with Gasteiger partial charge in [0.1, 0.15) is 11.5 Å². The van der Waals surface area contributed by atoms with E-state index in [4.69, 9.17) is 20.9 Å². The number of benzene rings is 3. The van der Waals surface area contributed by atoms with Crippen molar-refractivity contribution in [2.45, 2.75) is 11.4 Å². The number of methoxy groups -OCH3 is 2. The van der Waals surface area contributed by atoms with Crippen LogP contribution in [0.15, 0.2) is 65.6 Å². The van der Waals surface area contributed by atoms with Gasteiger partial charge in [0.05, 0.1) is 36.7 Å². The van der Waals surface area contributed by atoms with Gasteiger partial charge in [-0.25, -0.2) is 18.4 Å². The second-order valence-corrected chi connectivity index (χ2v) is 9.70. The summed E-state index contributed by atoms with van der Waals surface area (Å²) >= 11 is 0. The number of aromatic nitrogens is 2. The zero-order valence-corrected chi connectivity index (χ0v) is 21.5. The molecule has 4 rings (SSSR count). The second kappa shape index (κ2) is 11.3. The fourth-order valence-electron chi connectivity index (χ4n) is 3.58. The molecule has 4 aromatic rings. The van der Waals surface area contributed by atoms with Gasteiger partial charge < -0.3 is 31.6 Å². The van der Waals surface area contributed by atoms with Gasteiger partial charge in [-0.3, -0.25) is 9.52 Å². The number of fused-ring (bicyclic) bond motifs is 1. The van der Waals surface area contributed by atoms with E-state index >= 15 is 0 Å². The van der Waals surface area contributed by atoms with Crippen LogP contribution in [-0.4, -0.2) is 45.1 Å². The molecule has 0 bridgehead atoms. The number of para-hydroxylation sites is 2. The topological polar surface area (TPSA) is 184 Å². The third-order valence-electron chi connectivity index (χ3n) is 5.49. The van der Waals surface area contributed by atoms with Gasteiger partial charge in [-0.15, -0.1) is 0 Å². The van der Waals surface area contributed by atoms with Gasteiger partial charge in [0, 0.05) is 36.1 Å². The monoisotopic (exact) mass is 537 g/mol. The number of nitrogens with one attached hydrogen (secondary N) is 3. The summed E-state index contributed by atoms with van der Waals surface area (Å²) in [5, 5.41) is 5.68. The minimum absolute atomic E-state index is 0.0408. The number of carbonyl (C=O) groups excluding carboxylic acids is 1. The molecule has 0 saturated heterocycles. The van der Waals surface area contributed by atoms with E-state index in [0.717, 1.165) is 0 Å². The van der Waals surface area contributed by atoms with Crippen molar-refractivity contribution in [1.29, 1.82) is 0 Å². The van der Waals surface area contributed by atoms with E-state index in [9.17, 15) is 13.2 Å². The van der Waals surface area contributed by atoms with Crippen molar-refractivity contribution >= 4 is 50.0 Å². The Balaban J connectivity index is 1.76. The van der Waals surface area contributed by atoms with Crippen molar-refractivity contribution in [3.63, 3.8) is 0 Å². The summed E-state index contributed by atoms with van der Waals surface area (Å²) in [5.74, 6) is 0.672. The number of amides is 1. The molecule has 0 saturated carbocycles. The maximum Gasteiger partial charge on any atom is 0.263 e. The van der Waals surface area contributed by atoms with Crippen molar-refractivity contribution in [3.8, 4) is 11.5 Å². The van der Waals surface area contributed by atoms with E-state index in [1.807, 2.05) is 0 Å². The first-order valence-electron chi connectivity index (χ1n) is 11.4. The van der Waals surface area contributed by atoms with Crippen molar-refractivity contribution < 1.29 is 22.7 Å². The Labute approximate surface area is 219 Å². The summed E-state index contributed by atoms with van der Waals surface area (Å²) < 4.78 is 40.0. The molecule has 0 aliphatic rings. The lowest BCUT2D eigenvalue weighted by molar-refractivity contribution is -0.114. The summed E-state index contributed by atoms with van der Waals surface area (Å²) in [6.07, 6.45) is 0. The number of anilines is 4. The molecule has 0 aliphatic carbocycles. The molecule has 0 fully saturated rings. The molecule has 0 atom stereocenters. The Morgan fingerprint density at radius 3 is 2.11 bits per heavy atom. The maximum atomic E-state index is 13.4. The Hall–Kier alpha value is -4.46. The van der Waals surface area contributed by atoms with Crippen LogP contribution < -0.4 is 36.3 Å². The number of nitrogens with two attached hydrogens (primary N) is 2. The molecule has 0 spiro atoms. The van der Waals surface area contributed by atoms with Crippen LogP contribution in [0, 0.1) is 0 Å². The first-order chi connectivity index (χ1) is 18.3. The van der Waals surface area contributed by atoms with Gasteiger partial charge >= 0.3 is 0 Å². The van der Waals surface area contributed by atoms with Crippen LogP contribution in [-0.2, 0) is 21.4 Å². The predicted molar refractivity (Wildman–Crippen MR) is 145 cm³/mol. The van der Waals surface area contributed by atoms with Crippen LogP contribution in [0.2, 0.25) is 0 Å². The molecule has 7 N–H and O–H groups in total. The van der Waals surface area contributed by atoms with Crippen LogP contribution in [0.1, 0.15) is 5.56 Å². The Kier molecular flexibility index (Phi) is 7.90. The van der Waals surface area contributed by atoms with Gasteiger partial charge in [0.15, 0.2) is 11.6 Å². The molecule has 0 unspecified atom stereocenters. The van der Waals surface area contributed by atoms with Crippen LogP contribution in [0.4, 0.5) is 23.0 Å². The van der Waals surface area contributed by atoms with Crippen LogP contribution in [0.3, 0.4) is 0 Å². The van der Waals surface area contributed by atoms with Crippen molar-refractivity contribution in [3.05, 3.63) is 66.2 Å². The number of hydrogen-bond acceptors (Lipinski definition) is 10. The lowest BCUT2D eigenvalue weighted by Crippen LogP contribution is -2.23. The van der Waals surface area contributed by atoms with Crippen LogP contribution in [0.25, 0.3) is 11.0 Å². The molecule has 12 nitrogen and oxygen atoms in total. The minimum atomic E-state index is -4.18. The highest BCUT2D eigenvalue weighted by atomic mass is 32.2. The van der Waals surface area contributed by atoms with E-state index in [-0.39, 0.29) is 35.3 Å². The summed E-state index contributed by atoms with van der Waals surface area (Å²) in [6, 6.07) is 16.4. The molecule has 13 heteroatoms. The Morgan fingerprint density at radius 2 is 1.53 bits per heavy atom. The van der Waals surface area contributed by atoms with Crippen LogP contribution >= 0.6 is 0 Å². The Bertz CT molecular complexity index is 1570. The van der Waals surface area contributed by atoms with Crippen molar-refractivity contribution in [2.75, 3.05) is 36.1 Å². The number of sulfonamides is 1. The average Bonchev–Trinajstić information content (AvgIpc) is 2.92. The Morgan fingerprint density at radius 1 is 0.895 bits per heavy atom. The van der Waals surface area contributed by atoms with Gasteiger partial charge in [-0.05, 0) is 29.8 Å². The summed E-state index contributed by atoms with van der Waals surface area (Å²) in [4.78, 5) is 20.8. The maximum absolute atomic E-state index is 13.4. The SMILES string of the molecule is COc1cc(Nc2nc3ccccc3nc2NS(=O)(=O)c2ccc(CN)c(NC(=O)CN)c2)cc(OC)c1. The molecule has 198 valence electrons. The summed E-state index contributed by atoms with van der Waals surface area (Å²) in [5.41, 5.74) is 13.5. The summed E-state index contributed by atoms with van der Waals surface area (Å²) in [6.45, 7) is -0.182. The smallest absolute Gasteiger partial charge is 0.263 e. The highest BCUT2D eigenvalue weighted by molar-refractivity contribution is 7.92. The molecular weight excluding hydrogens is 510 g/mol. The molecule has 38 heavy (non-hydrogen) atoms.